The molecule has 0 radical (unpaired) electrons. The third kappa shape index (κ3) is 16.2. The van der Waals surface area contributed by atoms with E-state index >= 15 is 0 Å². The molecule has 0 saturated heterocycles. The molecule has 0 unspecified atom stereocenters. The van der Waals surface area contributed by atoms with Gasteiger partial charge in [0, 0.05) is 12.8 Å². The Balaban J connectivity index is 3.52. The van der Waals surface area contributed by atoms with E-state index in [1.165, 1.54) is 25.7 Å². The number of carboxylic acid groups (broad SMARTS) is 1. The van der Waals surface area contributed by atoms with Gasteiger partial charge in [-0.15, -0.1) is 0 Å². The molecule has 0 rings (SSSR count). The summed E-state index contributed by atoms with van der Waals surface area (Å²) in [6, 6.07) is 0. The fourth-order valence-corrected chi connectivity index (χ4v) is 1.52. The Morgan fingerprint density at radius 3 is 2.70 bits per heavy atom. The first kappa shape index (κ1) is 18.2. The Hall–Kier alpha value is -1.75. The van der Waals surface area contributed by atoms with E-state index in [0.717, 1.165) is 6.42 Å². The van der Waals surface area contributed by atoms with E-state index in [4.69, 9.17) is 5.11 Å². The molecule has 0 fully saturated rings. The zero-order valence-electron chi connectivity index (χ0n) is 12.5. The van der Waals surface area contributed by atoms with Crippen molar-refractivity contribution in [3.05, 3.63) is 36.5 Å². The summed E-state index contributed by atoms with van der Waals surface area (Å²) in [5.74, 6) is 5.06. The van der Waals surface area contributed by atoms with Gasteiger partial charge in [-0.2, -0.15) is 0 Å². The Morgan fingerprint density at radius 2 is 1.95 bits per heavy atom. The lowest BCUT2D eigenvalue weighted by Gasteiger charge is -1.90. The quantitative estimate of drug-likeness (QED) is 0.267. The average molecular weight is 274 g/mol. The molecular weight excluding hydrogens is 248 g/mol. The fraction of sp³-hybridized carbons (Fsp3) is 0.500. The smallest absolute Gasteiger partial charge is 0.303 e. The molecule has 0 heterocycles. The highest BCUT2D eigenvalue weighted by molar-refractivity contribution is 5.66. The predicted molar refractivity (Wildman–Crippen MR) is 85.4 cm³/mol. The van der Waals surface area contributed by atoms with Crippen LogP contribution in [0.2, 0.25) is 0 Å². The average Bonchev–Trinajstić information content (AvgIpc) is 2.43. The molecule has 2 heteroatoms. The van der Waals surface area contributed by atoms with Crippen molar-refractivity contribution in [2.24, 2.45) is 0 Å². The van der Waals surface area contributed by atoms with Gasteiger partial charge in [-0.1, -0.05) is 62.0 Å². The molecule has 20 heavy (non-hydrogen) atoms. The summed E-state index contributed by atoms with van der Waals surface area (Å²) >= 11 is 0. The van der Waals surface area contributed by atoms with Crippen molar-refractivity contribution in [1.82, 2.24) is 0 Å². The number of aliphatic carboxylic acids is 1. The third-order valence-corrected chi connectivity index (χ3v) is 2.63. The lowest BCUT2D eigenvalue weighted by atomic mass is 10.2. The van der Waals surface area contributed by atoms with Crippen molar-refractivity contribution in [1.29, 1.82) is 0 Å². The number of carboxylic acids is 1. The molecule has 0 aromatic carbocycles. The second-order valence-corrected chi connectivity index (χ2v) is 4.56. The molecule has 0 spiro atoms. The van der Waals surface area contributed by atoms with Gasteiger partial charge in [0.25, 0.3) is 0 Å². The zero-order chi connectivity index (χ0) is 14.9. The van der Waals surface area contributed by atoms with E-state index in [2.05, 4.69) is 37.0 Å². The maximum Gasteiger partial charge on any atom is 0.303 e. The van der Waals surface area contributed by atoms with Gasteiger partial charge in [0.1, 0.15) is 0 Å². The normalized spacial score (nSPS) is 11.2. The Kier molecular flexibility index (Phi) is 14.0. The minimum atomic E-state index is -0.756. The first-order chi connectivity index (χ1) is 9.77. The van der Waals surface area contributed by atoms with Gasteiger partial charge in [-0.25, -0.2) is 0 Å². The van der Waals surface area contributed by atoms with Crippen molar-refractivity contribution in [2.45, 2.75) is 58.3 Å². The van der Waals surface area contributed by atoms with Crippen LogP contribution in [0.25, 0.3) is 0 Å². The van der Waals surface area contributed by atoms with Crippen LogP contribution in [-0.4, -0.2) is 11.1 Å². The number of hydrogen-bond donors (Lipinski definition) is 1. The minimum Gasteiger partial charge on any atom is -0.481 e. The molecule has 0 aromatic rings. The maximum atomic E-state index is 10.3. The molecule has 0 aliphatic heterocycles. The summed E-state index contributed by atoms with van der Waals surface area (Å²) in [6.45, 7) is 2.22. The summed E-state index contributed by atoms with van der Waals surface area (Å²) in [7, 11) is 0. The van der Waals surface area contributed by atoms with Crippen LogP contribution in [0.15, 0.2) is 36.5 Å². The Morgan fingerprint density at radius 1 is 1.10 bits per heavy atom. The lowest BCUT2D eigenvalue weighted by molar-refractivity contribution is -0.137. The van der Waals surface area contributed by atoms with Gasteiger partial charge in [-0.3, -0.25) is 4.79 Å². The Labute approximate surface area is 123 Å². The van der Waals surface area contributed by atoms with Crippen LogP contribution in [0.1, 0.15) is 58.3 Å². The van der Waals surface area contributed by atoms with E-state index in [-0.39, 0.29) is 6.42 Å². The van der Waals surface area contributed by atoms with Crippen molar-refractivity contribution >= 4 is 5.97 Å². The number of unbranched alkanes of at least 4 members (excludes halogenated alkanes) is 4. The summed E-state index contributed by atoms with van der Waals surface area (Å²) in [6.07, 6.45) is 19.7. The molecule has 0 amide bonds. The summed E-state index contributed by atoms with van der Waals surface area (Å²) < 4.78 is 0. The van der Waals surface area contributed by atoms with Crippen LogP contribution in [0, 0.1) is 11.8 Å². The van der Waals surface area contributed by atoms with Crippen molar-refractivity contribution < 1.29 is 9.90 Å². The van der Waals surface area contributed by atoms with Crippen LogP contribution in [0.4, 0.5) is 0 Å². The molecule has 0 aromatic heterocycles. The largest absolute Gasteiger partial charge is 0.481 e. The molecule has 0 aliphatic carbocycles. The number of hydrogen-bond acceptors (Lipinski definition) is 1. The van der Waals surface area contributed by atoms with E-state index in [0.29, 0.717) is 12.8 Å². The van der Waals surface area contributed by atoms with E-state index in [1.54, 1.807) is 6.08 Å². The van der Waals surface area contributed by atoms with Crippen LogP contribution in [0.3, 0.4) is 0 Å². The maximum absolute atomic E-state index is 10.3. The van der Waals surface area contributed by atoms with E-state index < -0.39 is 5.97 Å². The van der Waals surface area contributed by atoms with Crippen molar-refractivity contribution in [3.63, 3.8) is 0 Å². The predicted octanol–water partition coefficient (Wildman–Crippen LogP) is 4.88. The molecule has 2 nitrogen and oxygen atoms in total. The van der Waals surface area contributed by atoms with Gasteiger partial charge < -0.3 is 5.11 Å². The van der Waals surface area contributed by atoms with Crippen LogP contribution in [0.5, 0.6) is 0 Å². The molecule has 0 bridgehead atoms. The fourth-order valence-electron chi connectivity index (χ4n) is 1.52. The topological polar surface area (TPSA) is 37.3 Å². The van der Waals surface area contributed by atoms with Gasteiger partial charge in [-0.05, 0) is 31.8 Å². The highest BCUT2D eigenvalue weighted by atomic mass is 16.4. The molecular formula is C18H26O2. The Bertz CT molecular complexity index is 378. The highest BCUT2D eigenvalue weighted by Gasteiger charge is 1.92. The highest BCUT2D eigenvalue weighted by Crippen LogP contribution is 2.00. The second-order valence-electron chi connectivity index (χ2n) is 4.56. The summed E-state index contributed by atoms with van der Waals surface area (Å²) in [5.41, 5.74) is 0. The molecule has 0 aliphatic rings. The molecule has 1 N–H and O–H groups in total. The first-order valence-electron chi connectivity index (χ1n) is 7.44. The molecule has 0 saturated carbocycles. The zero-order valence-corrected chi connectivity index (χ0v) is 12.5. The van der Waals surface area contributed by atoms with Crippen LogP contribution in [-0.2, 0) is 4.79 Å². The van der Waals surface area contributed by atoms with E-state index in [9.17, 15) is 4.79 Å². The summed E-state index contributed by atoms with van der Waals surface area (Å²) in [5, 5.41) is 8.44. The number of rotatable bonds is 10. The first-order valence-corrected chi connectivity index (χ1v) is 7.44. The second kappa shape index (κ2) is 15.3. The monoisotopic (exact) mass is 274 g/mol. The minimum absolute atomic E-state index is 0.197. The molecule has 0 atom stereocenters. The lowest BCUT2D eigenvalue weighted by Crippen LogP contribution is -1.92. The molecule has 110 valence electrons. The van der Waals surface area contributed by atoms with Gasteiger partial charge in [0.2, 0.25) is 0 Å². The SMILES string of the molecule is CCCCCC=CCC=CC=CC#CCCCC(=O)O. The third-order valence-electron chi connectivity index (χ3n) is 2.63. The van der Waals surface area contributed by atoms with Crippen LogP contribution < -0.4 is 0 Å². The summed E-state index contributed by atoms with van der Waals surface area (Å²) in [4.78, 5) is 10.3. The standard InChI is InChI=1S/C18H26O2/c1-2-3-4-5-6-7-8-9-10-11-12-13-14-15-16-17-18(19)20/h6-7,9-12H,2-5,8,15-17H2,1H3,(H,19,20). The number of allylic oxidation sites excluding steroid dienone is 6. The van der Waals surface area contributed by atoms with Gasteiger partial charge in [0.15, 0.2) is 0 Å². The van der Waals surface area contributed by atoms with Crippen LogP contribution >= 0.6 is 0 Å². The van der Waals surface area contributed by atoms with Gasteiger partial charge in [0.05, 0.1) is 0 Å². The van der Waals surface area contributed by atoms with Gasteiger partial charge >= 0.3 is 5.97 Å². The van der Waals surface area contributed by atoms with E-state index in [1.807, 2.05) is 12.2 Å². The van der Waals surface area contributed by atoms with Crippen molar-refractivity contribution in [2.75, 3.05) is 0 Å². The van der Waals surface area contributed by atoms with Crippen molar-refractivity contribution in [3.8, 4) is 11.8 Å². The number of carbonyl (C=O) groups is 1.